The molecule has 0 heterocycles. The second-order valence-electron chi connectivity index (χ2n) is 3.58. The van der Waals surface area contributed by atoms with Crippen LogP contribution < -0.4 is 4.81 Å². The van der Waals surface area contributed by atoms with E-state index in [-0.39, 0.29) is 5.69 Å². The SMILES string of the molecule is CC(O)C(O)C(=O)[N+]([O-])(O)c1ccc(Cl)cc1. The first-order chi connectivity index (χ1) is 7.76. The number of quaternary nitrogens is 1. The van der Waals surface area contributed by atoms with Gasteiger partial charge in [-0.3, -0.25) is 0 Å². The first-order valence-corrected chi connectivity index (χ1v) is 5.14. The number of carbonyl (C=O) groups is 1. The number of rotatable bonds is 3. The standard InChI is InChI=1S/C10H12ClNO5/c1-6(13)9(14)10(15)12(16,17)8-4-2-7(11)3-5-8/h2-6,9,13-14,16H,1H3. The molecule has 0 aliphatic heterocycles. The Hall–Kier alpha value is -1.02. The molecule has 0 radical (unpaired) electrons. The maximum Gasteiger partial charge on any atom is 0.382 e. The van der Waals surface area contributed by atoms with Gasteiger partial charge in [-0.1, -0.05) is 11.6 Å². The Kier molecular flexibility index (Phi) is 4.21. The fraction of sp³-hybridized carbons (Fsp3) is 0.300. The van der Waals surface area contributed by atoms with Crippen LogP contribution in [0.2, 0.25) is 5.02 Å². The van der Waals surface area contributed by atoms with Crippen LogP contribution in [0, 0.1) is 5.21 Å². The molecular weight excluding hydrogens is 250 g/mol. The van der Waals surface area contributed by atoms with E-state index in [2.05, 4.69) is 0 Å². The predicted octanol–water partition coefficient (Wildman–Crippen LogP) is 0.803. The lowest BCUT2D eigenvalue weighted by Gasteiger charge is -2.32. The highest BCUT2D eigenvalue weighted by molar-refractivity contribution is 6.30. The number of hydrogen-bond acceptors (Lipinski definition) is 5. The number of halogens is 1. The first kappa shape index (κ1) is 14.0. The molecular formula is C10H12ClNO5. The molecule has 1 aromatic carbocycles. The van der Waals surface area contributed by atoms with E-state index in [1.54, 1.807) is 0 Å². The van der Waals surface area contributed by atoms with Gasteiger partial charge >= 0.3 is 5.91 Å². The summed E-state index contributed by atoms with van der Waals surface area (Å²) in [5, 5.41) is 39.7. The van der Waals surface area contributed by atoms with Crippen LogP contribution in [0.15, 0.2) is 24.3 Å². The minimum absolute atomic E-state index is 0.306. The summed E-state index contributed by atoms with van der Waals surface area (Å²) in [6.07, 6.45) is -3.42. The number of amides is 1. The van der Waals surface area contributed by atoms with E-state index in [9.17, 15) is 20.3 Å². The molecule has 0 aliphatic rings. The predicted molar refractivity (Wildman–Crippen MR) is 61.1 cm³/mol. The van der Waals surface area contributed by atoms with Gasteiger partial charge in [0.1, 0.15) is 0 Å². The van der Waals surface area contributed by atoms with Crippen molar-refractivity contribution >= 4 is 23.2 Å². The van der Waals surface area contributed by atoms with Gasteiger partial charge in [0.15, 0.2) is 11.8 Å². The van der Waals surface area contributed by atoms with Crippen LogP contribution in [0.3, 0.4) is 0 Å². The second kappa shape index (κ2) is 5.09. The molecule has 0 bridgehead atoms. The van der Waals surface area contributed by atoms with Gasteiger partial charge in [0.25, 0.3) is 0 Å². The minimum Gasteiger partial charge on any atom is -0.586 e. The van der Waals surface area contributed by atoms with Gasteiger partial charge in [-0.25, -0.2) is 10.0 Å². The van der Waals surface area contributed by atoms with Crippen LogP contribution in [0.4, 0.5) is 5.69 Å². The molecule has 3 unspecified atom stereocenters. The van der Waals surface area contributed by atoms with E-state index < -0.39 is 22.9 Å². The summed E-state index contributed by atoms with van der Waals surface area (Å²) < 4.78 is 0. The largest absolute Gasteiger partial charge is 0.586 e. The Morgan fingerprint density at radius 2 is 1.82 bits per heavy atom. The van der Waals surface area contributed by atoms with Crippen LogP contribution in [-0.2, 0) is 4.79 Å². The normalized spacial score (nSPS) is 18.2. The number of benzene rings is 1. The molecule has 17 heavy (non-hydrogen) atoms. The van der Waals surface area contributed by atoms with Gasteiger partial charge in [0.2, 0.25) is 0 Å². The van der Waals surface area contributed by atoms with E-state index in [1.807, 2.05) is 0 Å². The molecule has 0 aliphatic carbocycles. The smallest absolute Gasteiger partial charge is 0.382 e. The van der Waals surface area contributed by atoms with Crippen LogP contribution in [-0.4, -0.2) is 33.5 Å². The Morgan fingerprint density at radius 3 is 2.24 bits per heavy atom. The number of hydrogen-bond donors (Lipinski definition) is 3. The fourth-order valence-corrected chi connectivity index (χ4v) is 1.28. The zero-order chi connectivity index (χ0) is 13.2. The molecule has 1 aromatic rings. The molecule has 7 heteroatoms. The highest BCUT2D eigenvalue weighted by Gasteiger charge is 2.37. The maximum absolute atomic E-state index is 11.7. The average Bonchev–Trinajstić information content (AvgIpc) is 2.27. The number of aliphatic hydroxyl groups excluding tert-OH is 2. The van der Waals surface area contributed by atoms with Crippen molar-refractivity contribution in [2.24, 2.45) is 0 Å². The van der Waals surface area contributed by atoms with Crippen molar-refractivity contribution in [3.8, 4) is 0 Å². The van der Waals surface area contributed by atoms with Crippen molar-refractivity contribution in [2.45, 2.75) is 19.1 Å². The van der Waals surface area contributed by atoms with E-state index in [0.717, 1.165) is 19.1 Å². The summed E-state index contributed by atoms with van der Waals surface area (Å²) in [4.78, 5) is 9.06. The molecule has 1 amide bonds. The van der Waals surface area contributed by atoms with Gasteiger partial charge in [-0.2, -0.15) is 0 Å². The second-order valence-corrected chi connectivity index (χ2v) is 4.01. The third kappa shape index (κ3) is 3.01. The number of hydroxylamine groups is 2. The molecule has 1 rings (SSSR count). The van der Waals surface area contributed by atoms with E-state index >= 15 is 0 Å². The summed E-state index contributed by atoms with van der Waals surface area (Å²) >= 11 is 5.59. The Morgan fingerprint density at radius 1 is 1.35 bits per heavy atom. The molecule has 0 aromatic heterocycles. The molecule has 0 saturated heterocycles. The first-order valence-electron chi connectivity index (χ1n) is 4.76. The minimum atomic E-state index is -2.40. The summed E-state index contributed by atoms with van der Waals surface area (Å²) in [5.74, 6) is -1.47. The Bertz CT molecular complexity index is 404. The van der Waals surface area contributed by atoms with Crippen molar-refractivity contribution < 1.29 is 20.2 Å². The van der Waals surface area contributed by atoms with Crippen molar-refractivity contribution in [2.75, 3.05) is 0 Å². The highest BCUT2D eigenvalue weighted by atomic mass is 35.5. The van der Waals surface area contributed by atoms with Crippen LogP contribution in [0.1, 0.15) is 6.92 Å². The Balaban J connectivity index is 3.02. The van der Waals surface area contributed by atoms with E-state index in [0.29, 0.717) is 5.02 Å². The molecule has 0 spiro atoms. The molecule has 6 nitrogen and oxygen atoms in total. The Labute approximate surface area is 102 Å². The monoisotopic (exact) mass is 261 g/mol. The van der Waals surface area contributed by atoms with Gasteiger partial charge in [0, 0.05) is 17.2 Å². The average molecular weight is 262 g/mol. The van der Waals surface area contributed by atoms with E-state index in [4.69, 9.17) is 16.7 Å². The van der Waals surface area contributed by atoms with Crippen LogP contribution >= 0.6 is 11.6 Å². The van der Waals surface area contributed by atoms with Crippen molar-refractivity contribution in [1.82, 2.24) is 4.81 Å². The van der Waals surface area contributed by atoms with Crippen LogP contribution in [0.5, 0.6) is 0 Å². The summed E-state index contributed by atoms with van der Waals surface area (Å²) in [6, 6.07) is 4.95. The maximum atomic E-state index is 11.7. The van der Waals surface area contributed by atoms with Crippen molar-refractivity contribution in [3.63, 3.8) is 0 Å². The molecule has 94 valence electrons. The van der Waals surface area contributed by atoms with Crippen molar-refractivity contribution in [3.05, 3.63) is 34.5 Å². The lowest BCUT2D eigenvalue weighted by molar-refractivity contribution is -0.166. The molecule has 3 atom stereocenters. The van der Waals surface area contributed by atoms with Gasteiger partial charge in [-0.15, -0.1) is 4.81 Å². The molecule has 0 fully saturated rings. The number of carbonyl (C=O) groups excluding carboxylic acids is 1. The summed E-state index contributed by atoms with van der Waals surface area (Å²) in [7, 11) is 0. The number of aliphatic hydroxyl groups is 2. The molecule has 3 N–H and O–H groups in total. The van der Waals surface area contributed by atoms with Crippen molar-refractivity contribution in [1.29, 1.82) is 0 Å². The zero-order valence-corrected chi connectivity index (χ0v) is 9.70. The third-order valence-electron chi connectivity index (χ3n) is 2.19. The molecule has 0 saturated carbocycles. The zero-order valence-electron chi connectivity index (χ0n) is 8.95. The summed E-state index contributed by atoms with van der Waals surface area (Å²) in [6.45, 7) is 1.13. The lowest BCUT2D eigenvalue weighted by atomic mass is 10.2. The summed E-state index contributed by atoms with van der Waals surface area (Å²) in [5.41, 5.74) is -0.306. The van der Waals surface area contributed by atoms with Gasteiger partial charge in [0.05, 0.1) is 6.10 Å². The van der Waals surface area contributed by atoms with Crippen LogP contribution in [0.25, 0.3) is 0 Å². The quantitative estimate of drug-likeness (QED) is 0.424. The van der Waals surface area contributed by atoms with Gasteiger partial charge < -0.3 is 15.4 Å². The fourth-order valence-electron chi connectivity index (χ4n) is 1.16. The highest BCUT2D eigenvalue weighted by Crippen LogP contribution is 2.23. The topological polar surface area (TPSA) is 101 Å². The number of nitrogens with zero attached hydrogens (tertiary/aromatic N) is 1. The third-order valence-corrected chi connectivity index (χ3v) is 2.44. The van der Waals surface area contributed by atoms with E-state index in [1.165, 1.54) is 12.1 Å². The van der Waals surface area contributed by atoms with Gasteiger partial charge in [-0.05, 0) is 19.1 Å². The lowest BCUT2D eigenvalue weighted by Crippen LogP contribution is -2.53.